The Morgan fingerprint density at radius 1 is 0.943 bits per heavy atom. The van der Waals surface area contributed by atoms with E-state index in [1.807, 2.05) is 69.4 Å². The van der Waals surface area contributed by atoms with Crippen LogP contribution in [0, 0.1) is 6.92 Å². The quantitative estimate of drug-likeness (QED) is 0.115. The first kappa shape index (κ1) is 37.7. The minimum absolute atomic E-state index is 0.0632. The number of anilines is 4. The highest BCUT2D eigenvalue weighted by atomic mass is 32.2. The van der Waals surface area contributed by atoms with Gasteiger partial charge in [-0.25, -0.2) is 18.2 Å². The highest BCUT2D eigenvalue weighted by Gasteiger charge is 2.27. The number of aryl methyl sites for hydroxylation is 1. The van der Waals surface area contributed by atoms with Gasteiger partial charge >= 0.3 is 6.03 Å². The van der Waals surface area contributed by atoms with E-state index in [1.54, 1.807) is 19.1 Å². The Morgan fingerprint density at radius 2 is 1.64 bits per heavy atom. The van der Waals surface area contributed by atoms with E-state index in [0.717, 1.165) is 77.3 Å². The highest BCUT2D eigenvalue weighted by Crippen LogP contribution is 2.41. The molecule has 13 nitrogen and oxygen atoms in total. The maximum absolute atomic E-state index is 13.7. The Kier molecular flexibility index (Phi) is 11.0. The number of carbonyl (C=O) groups is 2. The number of methoxy groups -OCH3 is 1. The second-order valence-electron chi connectivity index (χ2n) is 13.7. The van der Waals surface area contributed by atoms with Crippen molar-refractivity contribution in [3.8, 4) is 16.9 Å². The molecular weight excluding hydrogens is 715 g/mol. The topological polar surface area (TPSA) is 164 Å². The molecule has 6 rings (SSSR count). The van der Waals surface area contributed by atoms with Crippen molar-refractivity contribution in [2.75, 3.05) is 54.1 Å². The van der Waals surface area contributed by atoms with Gasteiger partial charge in [-0.15, -0.1) is 0 Å². The number of amides is 3. The summed E-state index contributed by atoms with van der Waals surface area (Å²) in [7, 11) is -2.77. The van der Waals surface area contributed by atoms with Crippen LogP contribution in [0.4, 0.5) is 27.0 Å². The van der Waals surface area contributed by atoms with E-state index in [9.17, 15) is 18.0 Å². The Labute approximate surface area is 313 Å². The van der Waals surface area contributed by atoms with E-state index in [0.29, 0.717) is 5.69 Å². The fourth-order valence-electron chi connectivity index (χ4n) is 6.08. The largest absolute Gasteiger partial charge is 0.492 e. The monoisotopic (exact) mass is 757 g/mol. The van der Waals surface area contributed by atoms with Crippen molar-refractivity contribution in [3.63, 3.8) is 0 Å². The van der Waals surface area contributed by atoms with E-state index in [4.69, 9.17) is 14.5 Å². The molecule has 1 aliphatic rings. The molecule has 53 heavy (non-hydrogen) atoms. The molecule has 4 N–H and O–H groups in total. The molecule has 0 spiro atoms. The summed E-state index contributed by atoms with van der Waals surface area (Å²) in [5.41, 5.74) is 4.45. The van der Waals surface area contributed by atoms with Crippen LogP contribution in [0.15, 0.2) is 71.1 Å². The predicted octanol–water partition coefficient (Wildman–Crippen LogP) is 7.21. The van der Waals surface area contributed by atoms with E-state index in [-0.39, 0.29) is 38.1 Å². The second kappa shape index (κ2) is 15.5. The lowest BCUT2D eigenvalue weighted by Gasteiger charge is -2.26. The molecule has 1 fully saturated rings. The van der Waals surface area contributed by atoms with E-state index in [2.05, 4.69) is 36.6 Å². The number of pyridine rings is 1. The average Bonchev–Trinajstić information content (AvgIpc) is 3.48. The summed E-state index contributed by atoms with van der Waals surface area (Å²) in [6, 6.07) is 18.7. The van der Waals surface area contributed by atoms with Crippen LogP contribution in [-0.4, -0.2) is 68.6 Å². The predicted molar refractivity (Wildman–Crippen MR) is 210 cm³/mol. The number of hydrogen-bond donors (Lipinski definition) is 4. The molecule has 0 radical (unpaired) electrons. The van der Waals surface area contributed by atoms with E-state index >= 15 is 0 Å². The molecule has 0 bridgehead atoms. The van der Waals surface area contributed by atoms with Crippen LogP contribution in [0.1, 0.15) is 44.6 Å². The van der Waals surface area contributed by atoms with Gasteiger partial charge in [0.25, 0.3) is 10.0 Å². The first-order chi connectivity index (χ1) is 25.2. The normalized spacial score (nSPS) is 13.8. The highest BCUT2D eigenvalue weighted by molar-refractivity contribution is 7.94. The molecule has 1 saturated heterocycles. The standard InChI is InChI=1S/C38H43N7O6S2/c1-23-35(52-37(40-23)41-24(2)46)53(48,49)44-33-20-26(38(3,4)5)19-32(34(33)50-6)43-36(47)42-31-14-13-28(29-9-7-8-10-30(29)31)25-11-12-27(39-21-25)22-45-15-17-51-18-16-45/h7-14,19-21,44H,15-18,22H2,1-6H3,(H,40,41,46)(H2,42,43,47). The van der Waals surface area contributed by atoms with Gasteiger partial charge in [0, 0.05) is 43.7 Å². The zero-order valence-corrected chi connectivity index (χ0v) is 32.1. The van der Waals surface area contributed by atoms with Crippen LogP contribution in [0.3, 0.4) is 0 Å². The molecule has 2 aromatic heterocycles. The molecule has 0 aliphatic carbocycles. The number of aromatic nitrogens is 2. The van der Waals surface area contributed by atoms with Gasteiger partial charge < -0.3 is 25.4 Å². The van der Waals surface area contributed by atoms with Gasteiger partial charge in [0.2, 0.25) is 5.91 Å². The van der Waals surface area contributed by atoms with Crippen molar-refractivity contribution in [2.45, 2.75) is 50.8 Å². The van der Waals surface area contributed by atoms with E-state index < -0.39 is 21.5 Å². The van der Waals surface area contributed by atoms with Crippen LogP contribution >= 0.6 is 11.3 Å². The SMILES string of the molecule is COc1c(NC(=O)Nc2ccc(-c3ccc(CN4CCOCC4)nc3)c3ccccc23)cc(C(C)(C)C)cc1NS(=O)(=O)c1sc(NC(C)=O)nc1C. The number of rotatable bonds is 10. The zero-order valence-electron chi connectivity index (χ0n) is 30.5. The summed E-state index contributed by atoms with van der Waals surface area (Å²) in [4.78, 5) is 36.5. The van der Waals surface area contributed by atoms with Crippen LogP contribution in [0.5, 0.6) is 5.75 Å². The fourth-order valence-corrected chi connectivity index (χ4v) is 8.59. The summed E-state index contributed by atoms with van der Waals surface area (Å²) in [6.45, 7) is 12.8. The van der Waals surface area contributed by atoms with Crippen LogP contribution in [0.2, 0.25) is 0 Å². The van der Waals surface area contributed by atoms with Crippen LogP contribution in [0.25, 0.3) is 21.9 Å². The summed E-state index contributed by atoms with van der Waals surface area (Å²) in [5.74, 6) is -0.249. The van der Waals surface area contributed by atoms with Gasteiger partial charge in [-0.1, -0.05) is 68.5 Å². The summed E-state index contributed by atoms with van der Waals surface area (Å²) < 4.78 is 41.0. The summed E-state index contributed by atoms with van der Waals surface area (Å²) in [5, 5.41) is 10.3. The second-order valence-corrected chi connectivity index (χ2v) is 16.6. The number of nitrogens with zero attached hydrogens (tertiary/aromatic N) is 3. The number of morpholine rings is 1. The van der Waals surface area contributed by atoms with Gasteiger partial charge in [-0.05, 0) is 53.1 Å². The Hall–Kier alpha value is -5.09. The Balaban J connectivity index is 1.26. The van der Waals surface area contributed by atoms with Gasteiger partial charge in [-0.2, -0.15) is 0 Å². The van der Waals surface area contributed by atoms with E-state index in [1.165, 1.54) is 14.0 Å². The summed E-state index contributed by atoms with van der Waals surface area (Å²) in [6.07, 6.45) is 1.88. The van der Waals surface area contributed by atoms with Crippen molar-refractivity contribution in [1.82, 2.24) is 14.9 Å². The van der Waals surface area contributed by atoms with Gasteiger partial charge in [0.1, 0.15) is 0 Å². The molecule has 1 aliphatic heterocycles. The molecular formula is C38H43N7O6S2. The minimum atomic E-state index is -4.17. The Bertz CT molecular complexity index is 2260. The first-order valence-corrected chi connectivity index (χ1v) is 19.4. The molecule has 0 atom stereocenters. The number of nitrogens with one attached hydrogen (secondary N) is 4. The molecule has 3 amide bonds. The molecule has 0 unspecified atom stereocenters. The molecule has 3 heterocycles. The van der Waals surface area contributed by atoms with Gasteiger partial charge in [0.05, 0.1) is 48.8 Å². The Morgan fingerprint density at radius 3 is 2.30 bits per heavy atom. The van der Waals surface area contributed by atoms with Crippen LogP contribution < -0.4 is 25.4 Å². The van der Waals surface area contributed by atoms with Crippen LogP contribution in [-0.2, 0) is 31.5 Å². The van der Waals surface area contributed by atoms with Crippen molar-refractivity contribution in [2.24, 2.45) is 0 Å². The zero-order chi connectivity index (χ0) is 37.9. The number of carbonyl (C=O) groups excluding carboxylic acids is 2. The van der Waals surface area contributed by atoms with Gasteiger partial charge in [0.15, 0.2) is 15.1 Å². The number of benzene rings is 3. The number of sulfonamides is 1. The number of urea groups is 1. The molecule has 278 valence electrons. The summed E-state index contributed by atoms with van der Waals surface area (Å²) >= 11 is 0.837. The average molecular weight is 758 g/mol. The van der Waals surface area contributed by atoms with Crippen molar-refractivity contribution in [3.05, 3.63) is 83.8 Å². The number of fused-ring (bicyclic) bond motifs is 1. The lowest BCUT2D eigenvalue weighted by atomic mass is 9.86. The van der Waals surface area contributed by atoms with Crippen molar-refractivity contribution < 1.29 is 27.5 Å². The lowest BCUT2D eigenvalue weighted by Crippen LogP contribution is -2.35. The third kappa shape index (κ3) is 8.76. The molecule has 5 aromatic rings. The van der Waals surface area contributed by atoms with Crippen molar-refractivity contribution in [1.29, 1.82) is 0 Å². The maximum atomic E-state index is 13.7. The fraction of sp³-hybridized carbons (Fsp3) is 0.316. The lowest BCUT2D eigenvalue weighted by molar-refractivity contribution is -0.114. The smallest absolute Gasteiger partial charge is 0.323 e. The first-order valence-electron chi connectivity index (χ1n) is 17.1. The minimum Gasteiger partial charge on any atom is -0.492 e. The number of thiazole rings is 1. The third-order valence-corrected chi connectivity index (χ3v) is 11.8. The molecule has 0 saturated carbocycles. The number of hydrogen-bond acceptors (Lipinski definition) is 10. The van der Waals surface area contributed by atoms with Gasteiger partial charge in [-0.3, -0.25) is 19.4 Å². The number of ether oxygens (including phenoxy) is 2. The third-order valence-electron chi connectivity index (χ3n) is 8.73. The maximum Gasteiger partial charge on any atom is 0.323 e. The molecule has 3 aromatic carbocycles. The molecule has 15 heteroatoms. The van der Waals surface area contributed by atoms with Crippen molar-refractivity contribution >= 4 is 66.3 Å².